The van der Waals surface area contributed by atoms with Crippen molar-refractivity contribution in [3.8, 4) is 5.75 Å². The van der Waals surface area contributed by atoms with Crippen molar-refractivity contribution in [3.63, 3.8) is 0 Å². The van der Waals surface area contributed by atoms with E-state index in [1.54, 1.807) is 24.3 Å². The molecule has 0 unspecified atom stereocenters. The molecule has 1 atom stereocenters. The fourth-order valence-electron chi connectivity index (χ4n) is 3.36. The lowest BCUT2D eigenvalue weighted by atomic mass is 10.1. The molecule has 0 bridgehead atoms. The molecule has 0 aliphatic carbocycles. The van der Waals surface area contributed by atoms with E-state index in [1.807, 2.05) is 54.6 Å². The summed E-state index contributed by atoms with van der Waals surface area (Å²) in [6.07, 6.45) is 0.750. The van der Waals surface area contributed by atoms with Crippen LogP contribution in [0.4, 0.5) is 5.69 Å². The summed E-state index contributed by atoms with van der Waals surface area (Å²) in [5, 5.41) is 5.77. The van der Waals surface area contributed by atoms with E-state index in [2.05, 4.69) is 10.6 Å². The Morgan fingerprint density at radius 3 is 2.55 bits per heavy atom. The molecule has 29 heavy (non-hydrogen) atoms. The molecule has 0 aromatic heterocycles. The predicted octanol–water partition coefficient (Wildman–Crippen LogP) is 3.60. The molecule has 2 N–H and O–H groups in total. The van der Waals surface area contributed by atoms with Crippen LogP contribution in [0.15, 0.2) is 78.9 Å². The lowest BCUT2D eigenvalue weighted by Gasteiger charge is -2.12. The number of hydrogen-bond donors (Lipinski definition) is 2. The van der Waals surface area contributed by atoms with Crippen molar-refractivity contribution in [1.29, 1.82) is 0 Å². The van der Waals surface area contributed by atoms with Crippen molar-refractivity contribution >= 4 is 17.5 Å². The summed E-state index contributed by atoms with van der Waals surface area (Å²) in [6, 6.07) is 24.6. The summed E-state index contributed by atoms with van der Waals surface area (Å²) in [5.74, 6) is 0.364. The van der Waals surface area contributed by atoms with Crippen LogP contribution >= 0.6 is 0 Å². The standard InChI is InChI=1S/C24H22N2O3/c27-23(25-14-13-17-7-2-1-3-8-17)19-10-6-11-20(15-19)26-24(28)22-16-18-9-4-5-12-21(18)29-22/h1-12,15,22H,13-14,16H2,(H,25,27)(H,26,28)/t22-/m0/s1. The summed E-state index contributed by atoms with van der Waals surface area (Å²) in [6.45, 7) is 0.549. The van der Waals surface area contributed by atoms with Crippen molar-refractivity contribution in [2.45, 2.75) is 18.9 Å². The van der Waals surface area contributed by atoms with E-state index in [9.17, 15) is 9.59 Å². The third-order valence-corrected chi connectivity index (χ3v) is 4.87. The molecule has 0 spiro atoms. The zero-order chi connectivity index (χ0) is 20.1. The Labute approximate surface area is 169 Å². The van der Waals surface area contributed by atoms with Gasteiger partial charge in [0.1, 0.15) is 5.75 Å². The van der Waals surface area contributed by atoms with Crippen molar-refractivity contribution in [1.82, 2.24) is 5.32 Å². The first-order valence-corrected chi connectivity index (χ1v) is 9.67. The third-order valence-electron chi connectivity index (χ3n) is 4.87. The van der Waals surface area contributed by atoms with Crippen molar-refractivity contribution in [2.24, 2.45) is 0 Å². The molecule has 0 fully saturated rings. The second-order valence-electron chi connectivity index (χ2n) is 6.98. The van der Waals surface area contributed by atoms with Gasteiger partial charge in [0.25, 0.3) is 11.8 Å². The number of rotatable bonds is 6. The first kappa shape index (κ1) is 18.7. The van der Waals surface area contributed by atoms with Gasteiger partial charge < -0.3 is 15.4 Å². The third kappa shape index (κ3) is 4.63. The molecule has 5 nitrogen and oxygen atoms in total. The van der Waals surface area contributed by atoms with Crippen LogP contribution in [-0.2, 0) is 17.6 Å². The molecule has 5 heteroatoms. The Morgan fingerprint density at radius 2 is 1.72 bits per heavy atom. The van der Waals surface area contributed by atoms with E-state index in [1.165, 1.54) is 5.56 Å². The van der Waals surface area contributed by atoms with Gasteiger partial charge in [-0.25, -0.2) is 0 Å². The van der Waals surface area contributed by atoms with Gasteiger partial charge >= 0.3 is 0 Å². The van der Waals surface area contributed by atoms with Crippen molar-refractivity contribution < 1.29 is 14.3 Å². The minimum absolute atomic E-state index is 0.165. The number of carbonyl (C=O) groups excluding carboxylic acids is 2. The summed E-state index contributed by atoms with van der Waals surface area (Å²) >= 11 is 0. The van der Waals surface area contributed by atoms with Crippen LogP contribution in [-0.4, -0.2) is 24.5 Å². The Hall–Kier alpha value is -3.60. The van der Waals surface area contributed by atoms with E-state index >= 15 is 0 Å². The minimum atomic E-state index is -0.559. The maximum Gasteiger partial charge on any atom is 0.265 e. The molecule has 0 radical (unpaired) electrons. The van der Waals surface area contributed by atoms with Gasteiger partial charge in [-0.05, 0) is 41.8 Å². The first-order chi connectivity index (χ1) is 14.2. The van der Waals surface area contributed by atoms with Gasteiger partial charge in [-0.2, -0.15) is 0 Å². The molecule has 3 aromatic carbocycles. The molecule has 3 aromatic rings. The molecule has 4 rings (SSSR count). The topological polar surface area (TPSA) is 67.4 Å². The molecule has 0 saturated carbocycles. The molecule has 2 amide bonds. The van der Waals surface area contributed by atoms with Gasteiger partial charge in [-0.3, -0.25) is 9.59 Å². The lowest BCUT2D eigenvalue weighted by molar-refractivity contribution is -0.122. The average Bonchev–Trinajstić information content (AvgIpc) is 3.19. The summed E-state index contributed by atoms with van der Waals surface area (Å²) in [5.41, 5.74) is 3.28. The number of amides is 2. The van der Waals surface area contributed by atoms with Gasteiger partial charge in [0.2, 0.25) is 0 Å². The zero-order valence-corrected chi connectivity index (χ0v) is 15.9. The number of para-hydroxylation sites is 1. The molecule has 1 aliphatic heterocycles. The molecule has 1 heterocycles. The van der Waals surface area contributed by atoms with Crippen LogP contribution in [0.5, 0.6) is 5.75 Å². The Kier molecular flexibility index (Phi) is 5.56. The number of hydrogen-bond acceptors (Lipinski definition) is 3. The maximum absolute atomic E-state index is 12.6. The quantitative estimate of drug-likeness (QED) is 0.680. The highest BCUT2D eigenvalue weighted by atomic mass is 16.5. The maximum atomic E-state index is 12.6. The van der Waals surface area contributed by atoms with Crippen LogP contribution in [0.3, 0.4) is 0 Å². The van der Waals surface area contributed by atoms with Crippen LogP contribution < -0.4 is 15.4 Å². The Morgan fingerprint density at radius 1 is 0.931 bits per heavy atom. The van der Waals surface area contributed by atoms with Crippen LogP contribution in [0.1, 0.15) is 21.5 Å². The van der Waals surface area contributed by atoms with Crippen molar-refractivity contribution in [3.05, 3.63) is 95.6 Å². The Balaban J connectivity index is 1.32. The second-order valence-corrected chi connectivity index (χ2v) is 6.98. The number of carbonyl (C=O) groups is 2. The van der Waals surface area contributed by atoms with E-state index in [0.29, 0.717) is 24.2 Å². The second kappa shape index (κ2) is 8.61. The van der Waals surface area contributed by atoms with E-state index in [0.717, 1.165) is 17.7 Å². The van der Waals surface area contributed by atoms with Gasteiger partial charge in [0.15, 0.2) is 6.10 Å². The van der Waals surface area contributed by atoms with E-state index < -0.39 is 6.10 Å². The molecular weight excluding hydrogens is 364 g/mol. The number of ether oxygens (including phenoxy) is 1. The molecule has 1 aliphatic rings. The normalized spacial score (nSPS) is 14.6. The smallest absolute Gasteiger partial charge is 0.265 e. The highest BCUT2D eigenvalue weighted by molar-refractivity contribution is 5.98. The number of anilines is 1. The predicted molar refractivity (Wildman–Crippen MR) is 112 cm³/mol. The summed E-state index contributed by atoms with van der Waals surface area (Å²) in [7, 11) is 0. The van der Waals surface area contributed by atoms with Crippen molar-refractivity contribution in [2.75, 3.05) is 11.9 Å². The average molecular weight is 386 g/mol. The highest BCUT2D eigenvalue weighted by Gasteiger charge is 2.28. The summed E-state index contributed by atoms with van der Waals surface area (Å²) in [4.78, 5) is 25.0. The van der Waals surface area contributed by atoms with E-state index in [4.69, 9.17) is 4.74 Å². The monoisotopic (exact) mass is 386 g/mol. The lowest BCUT2D eigenvalue weighted by Crippen LogP contribution is -2.31. The van der Waals surface area contributed by atoms with Gasteiger partial charge in [-0.1, -0.05) is 54.6 Å². The Bertz CT molecular complexity index is 992. The van der Waals surface area contributed by atoms with Gasteiger partial charge in [0, 0.05) is 24.2 Å². The van der Waals surface area contributed by atoms with Gasteiger partial charge in [0.05, 0.1) is 0 Å². The van der Waals surface area contributed by atoms with E-state index in [-0.39, 0.29) is 11.8 Å². The summed E-state index contributed by atoms with van der Waals surface area (Å²) < 4.78 is 5.72. The van der Waals surface area contributed by atoms with Crippen LogP contribution in [0.25, 0.3) is 0 Å². The van der Waals surface area contributed by atoms with Gasteiger partial charge in [-0.15, -0.1) is 0 Å². The zero-order valence-electron chi connectivity index (χ0n) is 15.9. The SMILES string of the molecule is O=C(NCCc1ccccc1)c1cccc(NC(=O)[C@@H]2Cc3ccccc3O2)c1. The minimum Gasteiger partial charge on any atom is -0.480 e. The number of nitrogens with one attached hydrogen (secondary N) is 2. The number of fused-ring (bicyclic) bond motifs is 1. The fourth-order valence-corrected chi connectivity index (χ4v) is 3.36. The van der Waals surface area contributed by atoms with Crippen LogP contribution in [0.2, 0.25) is 0 Å². The number of benzene rings is 3. The molecule has 0 saturated heterocycles. The first-order valence-electron chi connectivity index (χ1n) is 9.67. The largest absolute Gasteiger partial charge is 0.480 e. The molecule has 146 valence electrons. The molecular formula is C24H22N2O3. The van der Waals surface area contributed by atoms with Crippen LogP contribution in [0, 0.1) is 0 Å². The highest BCUT2D eigenvalue weighted by Crippen LogP contribution is 2.28. The fraction of sp³-hybridized carbons (Fsp3) is 0.167.